The van der Waals surface area contributed by atoms with Gasteiger partial charge in [-0.1, -0.05) is 23.7 Å². The maximum atomic E-state index is 10.3. The van der Waals surface area contributed by atoms with Crippen molar-refractivity contribution < 1.29 is 9.84 Å². The van der Waals surface area contributed by atoms with Gasteiger partial charge in [-0.05, 0) is 42.7 Å². The van der Waals surface area contributed by atoms with Crippen LogP contribution in [0.1, 0.15) is 30.2 Å². The lowest BCUT2D eigenvalue weighted by Crippen LogP contribution is -2.03. The molecule has 0 saturated heterocycles. The largest absolute Gasteiger partial charge is 0.490 e. The smallest absolute Gasteiger partial charge is 0.121 e. The molecular weight excluding hydrogens is 262 g/mol. The Kier molecular flexibility index (Phi) is 3.40. The maximum absolute atomic E-state index is 10.3. The molecule has 1 aliphatic carbocycles. The lowest BCUT2D eigenvalue weighted by molar-refractivity contribution is 0.214. The van der Waals surface area contributed by atoms with Gasteiger partial charge in [0.2, 0.25) is 0 Å². The molecule has 0 radical (unpaired) electrons. The molecule has 2 aromatic rings. The predicted octanol–water partition coefficient (Wildman–Crippen LogP) is 3.36. The molecule has 0 aliphatic heterocycles. The van der Waals surface area contributed by atoms with E-state index in [0.717, 1.165) is 24.2 Å². The Morgan fingerprint density at radius 3 is 2.79 bits per heavy atom. The minimum atomic E-state index is -0.764. The lowest BCUT2D eigenvalue weighted by Gasteiger charge is -2.12. The number of aliphatic hydroxyl groups is 1. The van der Waals surface area contributed by atoms with Gasteiger partial charge in [0.15, 0.2) is 0 Å². The molecule has 1 atom stereocenters. The van der Waals surface area contributed by atoms with E-state index in [4.69, 9.17) is 16.3 Å². The minimum absolute atomic E-state index is 0.348. The summed E-state index contributed by atoms with van der Waals surface area (Å²) in [4.78, 5) is 4.13. The fraction of sp³-hybridized carbons (Fsp3) is 0.267. The summed E-state index contributed by atoms with van der Waals surface area (Å²) >= 11 is 5.79. The van der Waals surface area contributed by atoms with E-state index in [9.17, 15) is 5.11 Å². The first-order valence-electron chi connectivity index (χ1n) is 6.28. The molecule has 1 unspecified atom stereocenters. The summed E-state index contributed by atoms with van der Waals surface area (Å²) in [6.07, 6.45) is 3.35. The molecule has 3 nitrogen and oxygen atoms in total. The van der Waals surface area contributed by atoms with E-state index >= 15 is 0 Å². The highest BCUT2D eigenvalue weighted by atomic mass is 35.5. The summed E-state index contributed by atoms with van der Waals surface area (Å²) < 4.78 is 5.72. The van der Waals surface area contributed by atoms with E-state index < -0.39 is 6.10 Å². The zero-order chi connectivity index (χ0) is 13.2. The SMILES string of the molecule is OC(c1cccc(OC2CC2)c1)c1ccc(Cl)cn1. The summed E-state index contributed by atoms with van der Waals surface area (Å²) in [5.74, 6) is 0.799. The van der Waals surface area contributed by atoms with Crippen LogP contribution in [0.5, 0.6) is 5.75 Å². The highest BCUT2D eigenvalue weighted by Crippen LogP contribution is 2.29. The standard InChI is InChI=1S/C15H14ClNO2/c16-11-4-7-14(17-9-11)15(18)10-2-1-3-13(8-10)19-12-5-6-12/h1-4,7-9,12,15,18H,5-6H2. The van der Waals surface area contributed by atoms with Crippen LogP contribution in [0.25, 0.3) is 0 Å². The van der Waals surface area contributed by atoms with Crippen molar-refractivity contribution in [2.75, 3.05) is 0 Å². The Morgan fingerprint density at radius 2 is 2.11 bits per heavy atom. The summed E-state index contributed by atoms with van der Waals surface area (Å²) in [6.45, 7) is 0. The zero-order valence-electron chi connectivity index (χ0n) is 10.3. The van der Waals surface area contributed by atoms with Gasteiger partial charge in [0, 0.05) is 6.20 Å². The summed E-state index contributed by atoms with van der Waals surface area (Å²) in [5.41, 5.74) is 1.35. The first-order valence-corrected chi connectivity index (χ1v) is 6.66. The second-order valence-electron chi connectivity index (χ2n) is 4.69. The summed E-state index contributed by atoms with van der Waals surface area (Å²) in [6, 6.07) is 11.0. The highest BCUT2D eigenvalue weighted by Gasteiger charge is 2.23. The average molecular weight is 276 g/mol. The van der Waals surface area contributed by atoms with Crippen LogP contribution >= 0.6 is 11.6 Å². The molecule has 1 aromatic heterocycles. The molecule has 3 rings (SSSR count). The minimum Gasteiger partial charge on any atom is -0.490 e. The number of benzene rings is 1. The number of aromatic nitrogens is 1. The first-order chi connectivity index (χ1) is 9.22. The van der Waals surface area contributed by atoms with Crippen LogP contribution in [0.2, 0.25) is 5.02 Å². The van der Waals surface area contributed by atoms with E-state index in [1.165, 1.54) is 6.20 Å². The Labute approximate surface area is 116 Å². The summed E-state index contributed by atoms with van der Waals surface area (Å²) in [5, 5.41) is 10.9. The number of aliphatic hydroxyl groups excluding tert-OH is 1. The molecule has 98 valence electrons. The molecule has 1 aromatic carbocycles. The van der Waals surface area contributed by atoms with E-state index in [1.807, 2.05) is 24.3 Å². The Hall–Kier alpha value is -1.58. The summed E-state index contributed by atoms with van der Waals surface area (Å²) in [7, 11) is 0. The van der Waals surface area contributed by atoms with Gasteiger partial charge in [0.25, 0.3) is 0 Å². The molecule has 1 heterocycles. The van der Waals surface area contributed by atoms with Gasteiger partial charge in [0.05, 0.1) is 16.8 Å². The number of pyridine rings is 1. The first kappa shape index (κ1) is 12.5. The zero-order valence-corrected chi connectivity index (χ0v) is 11.0. The molecule has 1 saturated carbocycles. The maximum Gasteiger partial charge on any atom is 0.121 e. The van der Waals surface area contributed by atoms with Crippen LogP contribution in [-0.2, 0) is 0 Å². The highest BCUT2D eigenvalue weighted by molar-refractivity contribution is 6.30. The van der Waals surface area contributed by atoms with E-state index in [-0.39, 0.29) is 0 Å². The van der Waals surface area contributed by atoms with Crippen molar-refractivity contribution >= 4 is 11.6 Å². The van der Waals surface area contributed by atoms with Crippen LogP contribution in [0.15, 0.2) is 42.6 Å². The number of ether oxygens (including phenoxy) is 1. The molecule has 0 spiro atoms. The predicted molar refractivity (Wildman–Crippen MR) is 73.4 cm³/mol. The van der Waals surface area contributed by atoms with E-state index in [2.05, 4.69) is 4.98 Å². The van der Waals surface area contributed by atoms with Crippen LogP contribution in [0.4, 0.5) is 0 Å². The van der Waals surface area contributed by atoms with Crippen molar-refractivity contribution in [3.8, 4) is 5.75 Å². The fourth-order valence-corrected chi connectivity index (χ4v) is 1.97. The number of hydrogen-bond donors (Lipinski definition) is 1. The monoisotopic (exact) mass is 275 g/mol. The second-order valence-corrected chi connectivity index (χ2v) is 5.13. The van der Waals surface area contributed by atoms with Crippen molar-refractivity contribution in [1.29, 1.82) is 0 Å². The van der Waals surface area contributed by atoms with Gasteiger partial charge < -0.3 is 9.84 Å². The molecule has 19 heavy (non-hydrogen) atoms. The molecule has 4 heteroatoms. The van der Waals surface area contributed by atoms with Crippen molar-refractivity contribution in [3.63, 3.8) is 0 Å². The van der Waals surface area contributed by atoms with Gasteiger partial charge in [0.1, 0.15) is 11.9 Å². The number of hydrogen-bond acceptors (Lipinski definition) is 3. The van der Waals surface area contributed by atoms with E-state index in [1.54, 1.807) is 12.1 Å². The lowest BCUT2D eigenvalue weighted by atomic mass is 10.1. The quantitative estimate of drug-likeness (QED) is 0.930. The second kappa shape index (κ2) is 5.19. The van der Waals surface area contributed by atoms with Crippen molar-refractivity contribution in [3.05, 3.63) is 58.9 Å². The van der Waals surface area contributed by atoms with Gasteiger partial charge in [-0.15, -0.1) is 0 Å². The van der Waals surface area contributed by atoms with E-state index in [0.29, 0.717) is 16.8 Å². The number of nitrogens with zero attached hydrogens (tertiary/aromatic N) is 1. The molecule has 0 amide bonds. The Morgan fingerprint density at radius 1 is 1.26 bits per heavy atom. The topological polar surface area (TPSA) is 42.4 Å². The van der Waals surface area contributed by atoms with Crippen LogP contribution in [-0.4, -0.2) is 16.2 Å². The molecule has 1 aliphatic rings. The van der Waals surface area contributed by atoms with Crippen molar-refractivity contribution in [1.82, 2.24) is 4.98 Å². The Bertz CT molecular complexity index is 567. The molecule has 0 bridgehead atoms. The normalized spacial score (nSPS) is 16.1. The molecule has 1 fully saturated rings. The number of rotatable bonds is 4. The van der Waals surface area contributed by atoms with Gasteiger partial charge >= 0.3 is 0 Å². The van der Waals surface area contributed by atoms with Crippen LogP contribution in [0, 0.1) is 0 Å². The number of halogens is 1. The van der Waals surface area contributed by atoms with Gasteiger partial charge in [-0.3, -0.25) is 4.98 Å². The van der Waals surface area contributed by atoms with Crippen LogP contribution < -0.4 is 4.74 Å². The van der Waals surface area contributed by atoms with Crippen LogP contribution in [0.3, 0.4) is 0 Å². The third kappa shape index (κ3) is 3.06. The fourth-order valence-electron chi connectivity index (χ4n) is 1.86. The Balaban J connectivity index is 1.81. The third-order valence-electron chi connectivity index (χ3n) is 3.03. The third-order valence-corrected chi connectivity index (χ3v) is 3.25. The van der Waals surface area contributed by atoms with Gasteiger partial charge in [-0.25, -0.2) is 0 Å². The van der Waals surface area contributed by atoms with Gasteiger partial charge in [-0.2, -0.15) is 0 Å². The van der Waals surface area contributed by atoms with Crippen molar-refractivity contribution in [2.24, 2.45) is 0 Å². The molecular formula is C15H14ClNO2. The molecule has 1 N–H and O–H groups in total. The van der Waals surface area contributed by atoms with Crippen molar-refractivity contribution in [2.45, 2.75) is 25.0 Å². The average Bonchev–Trinajstić information content (AvgIpc) is 3.23.